The standard InChI is InChI=1S/C13H15NOS/c1-10-9-13(14)7-6-12(10)5-3-4-8-16-11(2)15/h6-7,9H,4,8,14H2,1-2H3. The summed E-state index contributed by atoms with van der Waals surface area (Å²) in [7, 11) is 0. The molecule has 0 aromatic heterocycles. The molecule has 0 saturated carbocycles. The van der Waals surface area contributed by atoms with Gasteiger partial charge >= 0.3 is 0 Å². The summed E-state index contributed by atoms with van der Waals surface area (Å²) in [4.78, 5) is 10.7. The van der Waals surface area contributed by atoms with Crippen molar-refractivity contribution in [3.8, 4) is 11.8 Å². The van der Waals surface area contributed by atoms with E-state index in [1.54, 1.807) is 6.92 Å². The van der Waals surface area contributed by atoms with Crippen LogP contribution in [0.5, 0.6) is 0 Å². The molecule has 0 unspecified atom stereocenters. The number of aryl methyl sites for hydroxylation is 1. The monoisotopic (exact) mass is 233 g/mol. The van der Waals surface area contributed by atoms with Crippen LogP contribution in [0, 0.1) is 18.8 Å². The van der Waals surface area contributed by atoms with Crippen LogP contribution in [-0.2, 0) is 4.79 Å². The number of hydrogen-bond acceptors (Lipinski definition) is 3. The van der Waals surface area contributed by atoms with Gasteiger partial charge in [0.25, 0.3) is 0 Å². The Hall–Kier alpha value is -1.40. The van der Waals surface area contributed by atoms with Gasteiger partial charge in [-0.3, -0.25) is 4.79 Å². The topological polar surface area (TPSA) is 43.1 Å². The van der Waals surface area contributed by atoms with Crippen molar-refractivity contribution in [1.82, 2.24) is 0 Å². The van der Waals surface area contributed by atoms with Gasteiger partial charge in [0.2, 0.25) is 0 Å². The first-order valence-corrected chi connectivity index (χ1v) is 6.06. The van der Waals surface area contributed by atoms with Gasteiger partial charge in [-0.25, -0.2) is 0 Å². The molecule has 0 amide bonds. The van der Waals surface area contributed by atoms with Crippen LogP contribution in [0.3, 0.4) is 0 Å². The first-order chi connectivity index (χ1) is 7.59. The lowest BCUT2D eigenvalue weighted by Crippen LogP contribution is -1.88. The highest BCUT2D eigenvalue weighted by Crippen LogP contribution is 2.11. The van der Waals surface area contributed by atoms with E-state index in [-0.39, 0.29) is 5.12 Å². The van der Waals surface area contributed by atoms with Crippen LogP contribution in [-0.4, -0.2) is 10.9 Å². The Morgan fingerprint density at radius 1 is 1.50 bits per heavy atom. The Labute approximate surface area is 101 Å². The third-order valence-corrected chi connectivity index (χ3v) is 2.82. The van der Waals surface area contributed by atoms with Crippen molar-refractivity contribution in [2.45, 2.75) is 20.3 Å². The predicted molar refractivity (Wildman–Crippen MR) is 70.2 cm³/mol. The van der Waals surface area contributed by atoms with Gasteiger partial charge in [0, 0.05) is 30.3 Å². The van der Waals surface area contributed by atoms with Crippen molar-refractivity contribution in [2.24, 2.45) is 0 Å². The van der Waals surface area contributed by atoms with E-state index in [0.29, 0.717) is 0 Å². The molecule has 0 heterocycles. The normalized spacial score (nSPS) is 9.38. The maximum atomic E-state index is 10.7. The summed E-state index contributed by atoms with van der Waals surface area (Å²) in [6.07, 6.45) is 0.730. The number of rotatable bonds is 2. The molecule has 0 spiro atoms. The lowest BCUT2D eigenvalue weighted by molar-refractivity contribution is -0.109. The van der Waals surface area contributed by atoms with Gasteiger partial charge in [-0.1, -0.05) is 23.6 Å². The fourth-order valence-electron chi connectivity index (χ4n) is 1.23. The van der Waals surface area contributed by atoms with E-state index in [1.165, 1.54) is 11.8 Å². The average molecular weight is 233 g/mol. The Balaban J connectivity index is 2.53. The van der Waals surface area contributed by atoms with Crippen molar-refractivity contribution in [3.05, 3.63) is 29.3 Å². The smallest absolute Gasteiger partial charge is 0.185 e. The quantitative estimate of drug-likeness (QED) is 0.485. The Morgan fingerprint density at radius 3 is 2.88 bits per heavy atom. The molecule has 84 valence electrons. The van der Waals surface area contributed by atoms with Crippen molar-refractivity contribution in [2.75, 3.05) is 11.5 Å². The Kier molecular flexibility index (Phi) is 4.94. The SMILES string of the molecule is CC(=O)SCCC#Cc1ccc(N)cc1C. The number of hydrogen-bond donors (Lipinski definition) is 1. The minimum Gasteiger partial charge on any atom is -0.399 e. The van der Waals surface area contributed by atoms with Gasteiger partial charge in [-0.05, 0) is 30.7 Å². The highest BCUT2D eigenvalue weighted by Gasteiger charge is 1.94. The molecule has 2 N–H and O–H groups in total. The lowest BCUT2D eigenvalue weighted by Gasteiger charge is -1.98. The second-order valence-electron chi connectivity index (χ2n) is 3.47. The average Bonchev–Trinajstić information content (AvgIpc) is 2.20. The molecule has 16 heavy (non-hydrogen) atoms. The number of carbonyl (C=O) groups excluding carboxylic acids is 1. The molecule has 0 saturated heterocycles. The van der Waals surface area contributed by atoms with Gasteiger partial charge in [0.05, 0.1) is 0 Å². The first-order valence-electron chi connectivity index (χ1n) is 5.08. The molecule has 0 radical (unpaired) electrons. The number of carbonyl (C=O) groups is 1. The summed E-state index contributed by atoms with van der Waals surface area (Å²) < 4.78 is 0. The summed E-state index contributed by atoms with van der Waals surface area (Å²) in [5, 5.41) is 0.144. The molecule has 1 aromatic carbocycles. The minimum absolute atomic E-state index is 0.144. The predicted octanol–water partition coefficient (Wildman–Crippen LogP) is 2.60. The first kappa shape index (κ1) is 12.7. The van der Waals surface area contributed by atoms with Crippen LogP contribution < -0.4 is 5.73 Å². The van der Waals surface area contributed by atoms with Crippen molar-refractivity contribution < 1.29 is 4.79 Å². The van der Waals surface area contributed by atoms with Gasteiger partial charge in [0.1, 0.15) is 0 Å². The fourth-order valence-corrected chi connectivity index (χ4v) is 1.72. The summed E-state index contributed by atoms with van der Waals surface area (Å²) in [5.41, 5.74) is 8.50. The summed E-state index contributed by atoms with van der Waals surface area (Å²) in [6, 6.07) is 5.69. The molecule has 1 rings (SSSR count). The zero-order valence-electron chi connectivity index (χ0n) is 9.54. The maximum absolute atomic E-state index is 10.7. The van der Waals surface area contributed by atoms with Crippen molar-refractivity contribution >= 4 is 22.6 Å². The minimum atomic E-state index is 0.144. The molecule has 0 fully saturated rings. The number of nitrogen functional groups attached to an aromatic ring is 1. The van der Waals surface area contributed by atoms with Crippen LogP contribution in [0.1, 0.15) is 24.5 Å². The van der Waals surface area contributed by atoms with Crippen LogP contribution in [0.25, 0.3) is 0 Å². The maximum Gasteiger partial charge on any atom is 0.185 e. The van der Waals surface area contributed by atoms with Crippen molar-refractivity contribution in [1.29, 1.82) is 0 Å². The molecule has 1 aromatic rings. The molecule has 0 aliphatic carbocycles. The van der Waals surface area contributed by atoms with Gasteiger partial charge in [-0.2, -0.15) is 0 Å². The molecule has 0 aliphatic rings. The van der Waals surface area contributed by atoms with E-state index < -0.39 is 0 Å². The van der Waals surface area contributed by atoms with Crippen LogP contribution in [0.15, 0.2) is 18.2 Å². The summed E-state index contributed by atoms with van der Waals surface area (Å²) in [5.74, 6) is 6.90. The second kappa shape index (κ2) is 6.24. The molecule has 0 bridgehead atoms. The molecule has 0 aliphatic heterocycles. The third-order valence-electron chi connectivity index (χ3n) is 2.01. The second-order valence-corrected chi connectivity index (χ2v) is 4.74. The van der Waals surface area contributed by atoms with Gasteiger partial charge in [0.15, 0.2) is 5.12 Å². The van der Waals surface area contributed by atoms with E-state index in [1.807, 2.05) is 25.1 Å². The Bertz CT molecular complexity index is 443. The van der Waals surface area contributed by atoms with Gasteiger partial charge < -0.3 is 5.73 Å². The highest BCUT2D eigenvalue weighted by atomic mass is 32.2. The summed E-state index contributed by atoms with van der Waals surface area (Å²) in [6.45, 7) is 3.56. The van der Waals surface area contributed by atoms with E-state index in [2.05, 4.69) is 11.8 Å². The molecular formula is C13H15NOS. The van der Waals surface area contributed by atoms with E-state index in [0.717, 1.165) is 29.0 Å². The van der Waals surface area contributed by atoms with Gasteiger partial charge in [-0.15, -0.1) is 0 Å². The fraction of sp³-hybridized carbons (Fsp3) is 0.308. The molecule has 2 nitrogen and oxygen atoms in total. The zero-order valence-corrected chi connectivity index (χ0v) is 10.4. The number of thioether (sulfide) groups is 1. The van der Waals surface area contributed by atoms with E-state index in [9.17, 15) is 4.79 Å². The van der Waals surface area contributed by atoms with E-state index >= 15 is 0 Å². The lowest BCUT2D eigenvalue weighted by atomic mass is 10.1. The van der Waals surface area contributed by atoms with Crippen LogP contribution in [0.4, 0.5) is 5.69 Å². The number of benzene rings is 1. The van der Waals surface area contributed by atoms with E-state index in [4.69, 9.17) is 5.73 Å². The number of nitrogens with two attached hydrogens (primary N) is 1. The summed E-state index contributed by atoms with van der Waals surface area (Å²) >= 11 is 1.31. The van der Waals surface area contributed by atoms with Crippen LogP contribution >= 0.6 is 11.8 Å². The van der Waals surface area contributed by atoms with Crippen LogP contribution in [0.2, 0.25) is 0 Å². The highest BCUT2D eigenvalue weighted by molar-refractivity contribution is 8.13. The number of anilines is 1. The van der Waals surface area contributed by atoms with Crippen molar-refractivity contribution in [3.63, 3.8) is 0 Å². The largest absolute Gasteiger partial charge is 0.399 e. The molecular weight excluding hydrogens is 218 g/mol. The molecule has 3 heteroatoms. The Morgan fingerprint density at radius 2 is 2.25 bits per heavy atom. The third kappa shape index (κ3) is 4.41. The molecule has 0 atom stereocenters. The zero-order chi connectivity index (χ0) is 12.0.